The van der Waals surface area contributed by atoms with Gasteiger partial charge in [-0.2, -0.15) is 0 Å². The van der Waals surface area contributed by atoms with Gasteiger partial charge in [0.15, 0.2) is 0 Å². The van der Waals surface area contributed by atoms with E-state index in [1.807, 2.05) is 0 Å². The van der Waals surface area contributed by atoms with Crippen LogP contribution in [0.25, 0.3) is 0 Å². The van der Waals surface area contributed by atoms with Crippen molar-refractivity contribution in [3.63, 3.8) is 0 Å². The fourth-order valence-electron chi connectivity index (χ4n) is 3.61. The van der Waals surface area contributed by atoms with Gasteiger partial charge < -0.3 is 10.1 Å². The Kier molecular flexibility index (Phi) is 4.63. The molecule has 0 bridgehead atoms. The van der Waals surface area contributed by atoms with Crippen LogP contribution in [0.15, 0.2) is 30.3 Å². The van der Waals surface area contributed by atoms with Gasteiger partial charge in [-0.3, -0.25) is 4.90 Å². The predicted octanol–water partition coefficient (Wildman–Crippen LogP) is 2.84. The van der Waals surface area contributed by atoms with E-state index in [2.05, 4.69) is 54.4 Å². The number of rotatable bonds is 6. The Hall–Kier alpha value is -0.900. The van der Waals surface area contributed by atoms with Gasteiger partial charge in [0.05, 0.1) is 6.61 Å². The number of nitrogens with one attached hydrogen (secondary N) is 1. The minimum Gasteiger partial charge on any atom is -0.380 e. The monoisotopic (exact) mass is 288 g/mol. The Bertz CT molecular complexity index is 446. The van der Waals surface area contributed by atoms with Crippen LogP contribution in [0.3, 0.4) is 0 Å². The normalized spacial score (nSPS) is 30.5. The standard InChI is InChI=1S/C18H28N2O/c1-3-21-12-11-20-14-18(2,16-9-10-16)19-13-17(20)15-7-5-4-6-8-15/h4-8,16-17,19H,3,9-14H2,1-2H3. The molecule has 1 N–H and O–H groups in total. The zero-order valence-electron chi connectivity index (χ0n) is 13.3. The van der Waals surface area contributed by atoms with E-state index in [1.54, 1.807) is 0 Å². The van der Waals surface area contributed by atoms with Crippen molar-refractivity contribution >= 4 is 0 Å². The predicted molar refractivity (Wildman–Crippen MR) is 86.4 cm³/mol. The second kappa shape index (κ2) is 6.47. The van der Waals surface area contributed by atoms with Crippen molar-refractivity contribution in [3.8, 4) is 0 Å². The summed E-state index contributed by atoms with van der Waals surface area (Å²) in [6, 6.07) is 11.4. The summed E-state index contributed by atoms with van der Waals surface area (Å²) in [5.41, 5.74) is 1.71. The number of piperazine rings is 1. The molecule has 0 radical (unpaired) electrons. The number of nitrogens with zero attached hydrogens (tertiary/aromatic N) is 1. The lowest BCUT2D eigenvalue weighted by atomic mass is 9.89. The Labute approximate surface area is 128 Å². The van der Waals surface area contributed by atoms with Gasteiger partial charge in [-0.1, -0.05) is 30.3 Å². The molecule has 21 heavy (non-hydrogen) atoms. The summed E-state index contributed by atoms with van der Waals surface area (Å²) in [6.07, 6.45) is 2.78. The number of hydrogen-bond donors (Lipinski definition) is 1. The van der Waals surface area contributed by atoms with Crippen LogP contribution < -0.4 is 5.32 Å². The molecule has 0 spiro atoms. The minimum atomic E-state index is 0.289. The van der Waals surface area contributed by atoms with Crippen molar-refractivity contribution in [2.45, 2.75) is 38.3 Å². The molecule has 1 saturated carbocycles. The van der Waals surface area contributed by atoms with Crippen molar-refractivity contribution < 1.29 is 4.74 Å². The van der Waals surface area contributed by atoms with Gasteiger partial charge >= 0.3 is 0 Å². The molecule has 1 aliphatic carbocycles. The molecule has 0 aromatic heterocycles. The van der Waals surface area contributed by atoms with Gasteiger partial charge in [-0.05, 0) is 38.2 Å². The van der Waals surface area contributed by atoms with Crippen molar-refractivity contribution in [1.29, 1.82) is 0 Å². The molecule has 116 valence electrons. The Morgan fingerprint density at radius 1 is 1.29 bits per heavy atom. The summed E-state index contributed by atoms with van der Waals surface area (Å²) in [6.45, 7) is 9.31. The first-order valence-corrected chi connectivity index (χ1v) is 8.34. The summed E-state index contributed by atoms with van der Waals surface area (Å²) in [7, 11) is 0. The van der Waals surface area contributed by atoms with Crippen LogP contribution in [0.4, 0.5) is 0 Å². The fraction of sp³-hybridized carbons (Fsp3) is 0.667. The first-order valence-electron chi connectivity index (χ1n) is 8.34. The smallest absolute Gasteiger partial charge is 0.0593 e. The highest BCUT2D eigenvalue weighted by atomic mass is 16.5. The van der Waals surface area contributed by atoms with E-state index in [4.69, 9.17) is 4.74 Å². The number of benzene rings is 1. The van der Waals surface area contributed by atoms with Crippen LogP contribution >= 0.6 is 0 Å². The molecule has 0 amide bonds. The summed E-state index contributed by atoms with van der Waals surface area (Å²) < 4.78 is 5.60. The Morgan fingerprint density at radius 2 is 2.05 bits per heavy atom. The summed E-state index contributed by atoms with van der Waals surface area (Å²) in [5, 5.41) is 3.84. The molecule has 1 aromatic rings. The van der Waals surface area contributed by atoms with Crippen LogP contribution in [0, 0.1) is 5.92 Å². The average molecular weight is 288 g/mol. The van der Waals surface area contributed by atoms with Gasteiger partial charge in [0.25, 0.3) is 0 Å². The third kappa shape index (κ3) is 3.47. The van der Waals surface area contributed by atoms with Gasteiger partial charge in [-0.15, -0.1) is 0 Å². The van der Waals surface area contributed by atoms with E-state index in [1.165, 1.54) is 18.4 Å². The molecule has 2 fully saturated rings. The van der Waals surface area contributed by atoms with E-state index >= 15 is 0 Å². The average Bonchev–Trinajstić information content (AvgIpc) is 3.34. The molecule has 1 aromatic carbocycles. The highest BCUT2D eigenvalue weighted by molar-refractivity contribution is 5.21. The van der Waals surface area contributed by atoms with Crippen molar-refractivity contribution in [1.82, 2.24) is 10.2 Å². The molecular formula is C18H28N2O. The van der Waals surface area contributed by atoms with Crippen LogP contribution in [0.2, 0.25) is 0 Å². The van der Waals surface area contributed by atoms with E-state index in [9.17, 15) is 0 Å². The van der Waals surface area contributed by atoms with Gasteiger partial charge in [-0.25, -0.2) is 0 Å². The molecule has 1 heterocycles. The first kappa shape index (κ1) is 15.0. The second-order valence-electron chi connectivity index (χ2n) is 6.67. The highest BCUT2D eigenvalue weighted by Crippen LogP contribution is 2.42. The maximum atomic E-state index is 5.60. The quantitative estimate of drug-likeness (QED) is 0.815. The van der Waals surface area contributed by atoms with E-state index < -0.39 is 0 Å². The van der Waals surface area contributed by atoms with Crippen LogP contribution in [-0.4, -0.2) is 43.3 Å². The summed E-state index contributed by atoms with van der Waals surface area (Å²) in [5.74, 6) is 0.865. The Morgan fingerprint density at radius 3 is 2.71 bits per heavy atom. The zero-order chi connectivity index (χ0) is 14.7. The first-order chi connectivity index (χ1) is 10.2. The van der Waals surface area contributed by atoms with Gasteiger partial charge in [0.1, 0.15) is 0 Å². The van der Waals surface area contributed by atoms with Crippen LogP contribution in [-0.2, 0) is 4.74 Å². The maximum Gasteiger partial charge on any atom is 0.0593 e. The highest BCUT2D eigenvalue weighted by Gasteiger charge is 2.46. The van der Waals surface area contributed by atoms with Gasteiger partial charge in [0.2, 0.25) is 0 Å². The Balaban J connectivity index is 1.72. The fourth-order valence-corrected chi connectivity index (χ4v) is 3.61. The second-order valence-corrected chi connectivity index (χ2v) is 6.67. The molecule has 3 nitrogen and oxygen atoms in total. The van der Waals surface area contributed by atoms with E-state index in [0.717, 1.165) is 38.8 Å². The molecule has 2 unspecified atom stereocenters. The maximum absolute atomic E-state index is 5.60. The SMILES string of the molecule is CCOCCN1CC(C)(C2CC2)NCC1c1ccccc1. The topological polar surface area (TPSA) is 24.5 Å². The summed E-state index contributed by atoms with van der Waals surface area (Å²) >= 11 is 0. The molecule has 1 aliphatic heterocycles. The van der Waals surface area contributed by atoms with E-state index in [0.29, 0.717) is 6.04 Å². The molecule has 3 heteroatoms. The zero-order valence-corrected chi connectivity index (χ0v) is 13.3. The number of ether oxygens (including phenoxy) is 1. The number of hydrogen-bond acceptors (Lipinski definition) is 3. The summed E-state index contributed by atoms with van der Waals surface area (Å²) in [4.78, 5) is 2.62. The third-order valence-electron chi connectivity index (χ3n) is 5.06. The van der Waals surface area contributed by atoms with Gasteiger partial charge in [0, 0.05) is 37.8 Å². The minimum absolute atomic E-state index is 0.289. The van der Waals surface area contributed by atoms with Crippen LogP contribution in [0.1, 0.15) is 38.3 Å². The van der Waals surface area contributed by atoms with E-state index in [-0.39, 0.29) is 5.54 Å². The molecule has 3 rings (SSSR count). The van der Waals surface area contributed by atoms with Crippen molar-refractivity contribution in [2.75, 3.05) is 32.8 Å². The lowest BCUT2D eigenvalue weighted by Crippen LogP contribution is -2.61. The van der Waals surface area contributed by atoms with Crippen molar-refractivity contribution in [3.05, 3.63) is 35.9 Å². The molecule has 2 atom stereocenters. The van der Waals surface area contributed by atoms with Crippen molar-refractivity contribution in [2.24, 2.45) is 5.92 Å². The molecular weight excluding hydrogens is 260 g/mol. The third-order valence-corrected chi connectivity index (χ3v) is 5.06. The molecule has 1 saturated heterocycles. The largest absolute Gasteiger partial charge is 0.380 e. The molecule has 2 aliphatic rings. The lowest BCUT2D eigenvalue weighted by molar-refractivity contribution is 0.0408. The lowest BCUT2D eigenvalue weighted by Gasteiger charge is -2.47. The van der Waals surface area contributed by atoms with Crippen LogP contribution in [0.5, 0.6) is 0 Å².